The fourth-order valence-corrected chi connectivity index (χ4v) is 6.78. The Kier molecular flexibility index (Phi) is 6.05. The number of nitrogens with one attached hydrogen (secondary N) is 1. The van der Waals surface area contributed by atoms with Crippen molar-refractivity contribution in [3.05, 3.63) is 66.8 Å². The second kappa shape index (κ2) is 8.96. The highest BCUT2D eigenvalue weighted by Crippen LogP contribution is 2.47. The van der Waals surface area contributed by atoms with Gasteiger partial charge < -0.3 is 14.8 Å². The predicted molar refractivity (Wildman–Crippen MR) is 126 cm³/mol. The number of Topliss-reactive ketones (excluding diaryl/α,β-unsaturated/α-hetero) is 1. The lowest BCUT2D eigenvalue weighted by Gasteiger charge is -2.36. The fourth-order valence-electron chi connectivity index (χ4n) is 4.95. The topological polar surface area (TPSA) is 64.6 Å². The molecule has 1 aliphatic carbocycles. The minimum absolute atomic E-state index is 0.0310. The second-order valence-electron chi connectivity index (χ2n) is 8.71. The Morgan fingerprint density at radius 2 is 2.09 bits per heavy atom. The first kappa shape index (κ1) is 21.6. The van der Waals surface area contributed by atoms with Crippen molar-refractivity contribution < 1.29 is 19.1 Å². The molecule has 3 atom stereocenters. The van der Waals surface area contributed by atoms with Crippen molar-refractivity contribution in [2.24, 2.45) is 0 Å². The number of hydrogen-bond donors (Lipinski definition) is 1. The molecule has 5 nitrogen and oxygen atoms in total. The largest absolute Gasteiger partial charge is 0.459 e. The molecule has 3 aliphatic rings. The van der Waals surface area contributed by atoms with Crippen LogP contribution in [-0.4, -0.2) is 31.1 Å². The van der Waals surface area contributed by atoms with E-state index in [0.29, 0.717) is 12.0 Å². The van der Waals surface area contributed by atoms with E-state index < -0.39 is 0 Å². The van der Waals surface area contributed by atoms with E-state index in [1.807, 2.05) is 26.0 Å². The lowest BCUT2D eigenvalue weighted by molar-refractivity contribution is -0.142. The summed E-state index contributed by atoms with van der Waals surface area (Å²) < 4.78 is 11.3. The van der Waals surface area contributed by atoms with Crippen molar-refractivity contribution >= 4 is 34.4 Å². The van der Waals surface area contributed by atoms with Gasteiger partial charge in [-0.05, 0) is 56.7 Å². The van der Waals surface area contributed by atoms with Crippen LogP contribution in [0.4, 0.5) is 0 Å². The molecule has 5 rings (SSSR count). The van der Waals surface area contributed by atoms with E-state index >= 15 is 0 Å². The number of ketones is 1. The van der Waals surface area contributed by atoms with Gasteiger partial charge in [0.05, 0.1) is 17.6 Å². The summed E-state index contributed by atoms with van der Waals surface area (Å²) in [7, 11) is 0. The summed E-state index contributed by atoms with van der Waals surface area (Å²) in [6.45, 7) is 4.94. The van der Waals surface area contributed by atoms with Crippen LogP contribution in [0, 0.1) is 6.92 Å². The molecule has 2 aromatic rings. The van der Waals surface area contributed by atoms with Crippen molar-refractivity contribution in [1.29, 1.82) is 0 Å². The molecule has 0 bridgehead atoms. The number of esters is 1. The van der Waals surface area contributed by atoms with Gasteiger partial charge in [-0.25, -0.2) is 4.79 Å². The molecule has 1 N–H and O–H groups in total. The number of rotatable bonds is 5. The zero-order valence-corrected chi connectivity index (χ0v) is 19.9. The van der Waals surface area contributed by atoms with Crippen LogP contribution in [0.15, 0.2) is 52.2 Å². The normalized spacial score (nSPS) is 25.7. The number of thiophene rings is 2. The molecule has 0 saturated carbocycles. The van der Waals surface area contributed by atoms with E-state index in [-0.39, 0.29) is 36.3 Å². The molecule has 1 fully saturated rings. The van der Waals surface area contributed by atoms with E-state index in [1.165, 1.54) is 4.88 Å². The Balaban J connectivity index is 1.48. The highest BCUT2D eigenvalue weighted by atomic mass is 32.1. The molecular weight excluding hydrogens is 442 g/mol. The smallest absolute Gasteiger partial charge is 0.336 e. The monoisotopic (exact) mass is 469 g/mol. The van der Waals surface area contributed by atoms with Crippen molar-refractivity contribution in [3.8, 4) is 0 Å². The maximum absolute atomic E-state index is 13.5. The summed E-state index contributed by atoms with van der Waals surface area (Å²) in [4.78, 5) is 30.2. The number of ether oxygens (including phenoxy) is 2. The summed E-state index contributed by atoms with van der Waals surface area (Å²) in [5.74, 6) is -0.439. The van der Waals surface area contributed by atoms with Crippen LogP contribution in [0.5, 0.6) is 0 Å². The van der Waals surface area contributed by atoms with Gasteiger partial charge in [-0.3, -0.25) is 4.79 Å². The Bertz CT molecular complexity index is 1090. The van der Waals surface area contributed by atoms with Gasteiger partial charge >= 0.3 is 5.97 Å². The van der Waals surface area contributed by atoms with E-state index in [9.17, 15) is 9.59 Å². The predicted octanol–water partition coefficient (Wildman–Crippen LogP) is 5.20. The molecule has 0 radical (unpaired) electrons. The van der Waals surface area contributed by atoms with E-state index in [1.54, 1.807) is 22.7 Å². The van der Waals surface area contributed by atoms with Gasteiger partial charge in [0.2, 0.25) is 0 Å². The summed E-state index contributed by atoms with van der Waals surface area (Å²) in [5.41, 5.74) is 3.00. The van der Waals surface area contributed by atoms with Crippen LogP contribution in [0.3, 0.4) is 0 Å². The third kappa shape index (κ3) is 4.09. The van der Waals surface area contributed by atoms with Crippen LogP contribution in [0.2, 0.25) is 0 Å². The highest BCUT2D eigenvalue weighted by molar-refractivity contribution is 7.12. The SMILES string of the molecule is CC1=C(C(=O)OCC2CCCO2)C(c2ccc(C)s2)C2=C(CC(c3cccs3)CC2=O)N1. The first-order valence-corrected chi connectivity index (χ1v) is 12.8. The number of hydrogen-bond acceptors (Lipinski definition) is 7. The molecule has 0 aromatic carbocycles. The molecule has 168 valence electrons. The standard InChI is InChI=1S/C25H27NO4S2/c1-14-7-8-21(32-14)24-22(25(28)30-13-17-5-3-9-29-17)15(2)26-18-11-16(12-19(27)23(18)24)20-6-4-10-31-20/h4,6-8,10,16-17,24,26H,3,5,9,11-13H2,1-2H3. The molecule has 7 heteroatoms. The number of carbonyl (C=O) groups is 2. The molecule has 0 amide bonds. The second-order valence-corrected chi connectivity index (χ2v) is 11.0. The van der Waals surface area contributed by atoms with Gasteiger partial charge in [0.15, 0.2) is 5.78 Å². The molecular formula is C25H27NO4S2. The number of carbonyl (C=O) groups excluding carboxylic acids is 2. The molecule has 2 aliphatic heterocycles. The Morgan fingerprint density at radius 1 is 1.22 bits per heavy atom. The summed E-state index contributed by atoms with van der Waals surface area (Å²) >= 11 is 3.34. The number of dihydropyridines is 1. The minimum Gasteiger partial charge on any atom is -0.459 e. The summed E-state index contributed by atoms with van der Waals surface area (Å²) in [5, 5.41) is 5.48. The van der Waals surface area contributed by atoms with Crippen molar-refractivity contribution in [2.75, 3.05) is 13.2 Å². The van der Waals surface area contributed by atoms with Gasteiger partial charge in [0.25, 0.3) is 0 Å². The van der Waals surface area contributed by atoms with E-state index in [2.05, 4.69) is 22.8 Å². The highest BCUT2D eigenvalue weighted by Gasteiger charge is 2.42. The first-order valence-electron chi connectivity index (χ1n) is 11.1. The number of aryl methyl sites for hydroxylation is 1. The van der Waals surface area contributed by atoms with Crippen LogP contribution in [0.1, 0.15) is 59.1 Å². The van der Waals surface area contributed by atoms with Crippen LogP contribution in [-0.2, 0) is 19.1 Å². The van der Waals surface area contributed by atoms with Crippen molar-refractivity contribution in [1.82, 2.24) is 5.32 Å². The third-order valence-corrected chi connectivity index (χ3v) is 8.56. The van der Waals surface area contributed by atoms with Crippen LogP contribution < -0.4 is 5.32 Å². The molecule has 32 heavy (non-hydrogen) atoms. The first-order chi connectivity index (χ1) is 15.5. The van der Waals surface area contributed by atoms with Crippen molar-refractivity contribution in [2.45, 2.75) is 57.5 Å². The fraction of sp³-hybridized carbons (Fsp3) is 0.440. The minimum atomic E-state index is -0.376. The van der Waals surface area contributed by atoms with Gasteiger partial charge in [-0.1, -0.05) is 6.07 Å². The zero-order chi connectivity index (χ0) is 22.2. The third-order valence-electron chi connectivity index (χ3n) is 6.46. The molecule has 2 aromatic heterocycles. The zero-order valence-electron chi connectivity index (χ0n) is 18.3. The van der Waals surface area contributed by atoms with Gasteiger partial charge in [-0.2, -0.15) is 0 Å². The lowest BCUT2D eigenvalue weighted by atomic mass is 9.74. The van der Waals surface area contributed by atoms with Crippen LogP contribution >= 0.6 is 22.7 Å². The van der Waals surface area contributed by atoms with Gasteiger partial charge in [0.1, 0.15) is 6.61 Å². The Morgan fingerprint density at radius 3 is 2.78 bits per heavy atom. The average molecular weight is 470 g/mol. The summed E-state index contributed by atoms with van der Waals surface area (Å²) in [6, 6.07) is 8.23. The maximum Gasteiger partial charge on any atom is 0.336 e. The lowest BCUT2D eigenvalue weighted by Crippen LogP contribution is -2.36. The molecule has 4 heterocycles. The van der Waals surface area contributed by atoms with Gasteiger partial charge in [0, 0.05) is 50.5 Å². The van der Waals surface area contributed by atoms with E-state index in [0.717, 1.165) is 52.6 Å². The number of allylic oxidation sites excluding steroid dienone is 3. The maximum atomic E-state index is 13.5. The molecule has 3 unspecified atom stereocenters. The average Bonchev–Trinajstić information content (AvgIpc) is 3.53. The summed E-state index contributed by atoms with van der Waals surface area (Å²) in [6.07, 6.45) is 3.13. The Labute approximate surface area is 196 Å². The van der Waals surface area contributed by atoms with Gasteiger partial charge in [-0.15, -0.1) is 22.7 Å². The van der Waals surface area contributed by atoms with Crippen molar-refractivity contribution in [3.63, 3.8) is 0 Å². The quantitative estimate of drug-likeness (QED) is 0.610. The Hall–Kier alpha value is -2.22. The molecule has 0 spiro atoms. The molecule has 1 saturated heterocycles. The van der Waals surface area contributed by atoms with Crippen LogP contribution in [0.25, 0.3) is 0 Å². The van der Waals surface area contributed by atoms with E-state index in [4.69, 9.17) is 9.47 Å².